The molecule has 2 rings (SSSR count). The summed E-state index contributed by atoms with van der Waals surface area (Å²) in [5.41, 5.74) is 1.02. The lowest BCUT2D eigenvalue weighted by molar-refractivity contribution is 0.102. The smallest absolute Gasteiger partial charge is 0.213 e. The van der Waals surface area contributed by atoms with Crippen LogP contribution in [-0.2, 0) is 6.54 Å². The number of nitrogens with zero attached hydrogens (tertiary/aromatic N) is 2. The minimum absolute atomic E-state index is 0.123. The van der Waals surface area contributed by atoms with Gasteiger partial charge in [-0.05, 0) is 35.0 Å². The summed E-state index contributed by atoms with van der Waals surface area (Å²) in [6, 6.07) is 7.00. The first-order chi connectivity index (χ1) is 8.15. The summed E-state index contributed by atoms with van der Waals surface area (Å²) in [7, 11) is 0. The maximum Gasteiger partial charge on any atom is 0.213 e. The van der Waals surface area contributed by atoms with E-state index < -0.39 is 0 Å². The first kappa shape index (κ1) is 12.3. The second kappa shape index (κ2) is 5.02. The van der Waals surface area contributed by atoms with Crippen LogP contribution in [0.4, 0.5) is 0 Å². The Bertz CT molecular complexity index is 565. The number of aryl methyl sites for hydroxylation is 1. The Balaban J connectivity index is 2.51. The standard InChI is InChI=1S/C12H10BrClN2O/c1-2-16-11(9(13)7-15-16)12(17)8-5-3-4-6-10(8)14/h3-7H,2H2,1H3. The molecular formula is C12H10BrClN2O. The van der Waals surface area contributed by atoms with Crippen LogP contribution in [0, 0.1) is 0 Å². The highest BCUT2D eigenvalue weighted by atomic mass is 79.9. The summed E-state index contributed by atoms with van der Waals surface area (Å²) in [6.45, 7) is 2.57. The van der Waals surface area contributed by atoms with Crippen LogP contribution in [0.2, 0.25) is 5.02 Å². The molecule has 0 spiro atoms. The van der Waals surface area contributed by atoms with Gasteiger partial charge in [0.2, 0.25) is 5.78 Å². The molecule has 0 fully saturated rings. The van der Waals surface area contributed by atoms with E-state index in [9.17, 15) is 4.79 Å². The van der Waals surface area contributed by atoms with Crippen molar-refractivity contribution in [2.75, 3.05) is 0 Å². The molecule has 0 bridgehead atoms. The van der Waals surface area contributed by atoms with E-state index >= 15 is 0 Å². The maximum atomic E-state index is 12.4. The van der Waals surface area contributed by atoms with E-state index in [4.69, 9.17) is 11.6 Å². The van der Waals surface area contributed by atoms with Crippen LogP contribution in [0.5, 0.6) is 0 Å². The summed E-state index contributed by atoms with van der Waals surface area (Å²) in [6.07, 6.45) is 1.62. The van der Waals surface area contributed by atoms with Crippen LogP contribution in [0.1, 0.15) is 23.0 Å². The Morgan fingerprint density at radius 3 is 2.82 bits per heavy atom. The topological polar surface area (TPSA) is 34.9 Å². The fraction of sp³-hybridized carbons (Fsp3) is 0.167. The summed E-state index contributed by atoms with van der Waals surface area (Å²) in [4.78, 5) is 12.4. The first-order valence-electron chi connectivity index (χ1n) is 5.15. The number of ketones is 1. The van der Waals surface area contributed by atoms with Gasteiger partial charge < -0.3 is 0 Å². The van der Waals surface area contributed by atoms with Crippen LogP contribution >= 0.6 is 27.5 Å². The molecule has 0 saturated heterocycles. The van der Waals surface area contributed by atoms with Crippen LogP contribution in [0.15, 0.2) is 34.9 Å². The minimum Gasteiger partial charge on any atom is -0.287 e. The molecule has 0 amide bonds. The van der Waals surface area contributed by atoms with E-state index in [-0.39, 0.29) is 5.78 Å². The third kappa shape index (κ3) is 2.28. The van der Waals surface area contributed by atoms with Crippen molar-refractivity contribution < 1.29 is 4.79 Å². The molecule has 88 valence electrons. The van der Waals surface area contributed by atoms with Gasteiger partial charge in [0.1, 0.15) is 5.69 Å². The second-order valence-corrected chi connectivity index (χ2v) is 4.73. The Morgan fingerprint density at radius 1 is 1.47 bits per heavy atom. The Hall–Kier alpha value is -1.13. The number of aromatic nitrogens is 2. The number of carbonyl (C=O) groups excluding carboxylic acids is 1. The summed E-state index contributed by atoms with van der Waals surface area (Å²) < 4.78 is 2.33. The molecule has 1 aromatic heterocycles. The lowest BCUT2D eigenvalue weighted by Gasteiger charge is -2.06. The van der Waals surface area contributed by atoms with Gasteiger partial charge in [0.05, 0.1) is 15.7 Å². The van der Waals surface area contributed by atoms with Crippen molar-refractivity contribution in [3.05, 3.63) is 51.2 Å². The molecule has 0 aliphatic carbocycles. The normalized spacial score (nSPS) is 10.5. The molecule has 5 heteroatoms. The average Bonchev–Trinajstić information content (AvgIpc) is 2.70. The van der Waals surface area contributed by atoms with Gasteiger partial charge in [-0.3, -0.25) is 9.48 Å². The van der Waals surface area contributed by atoms with Crippen molar-refractivity contribution in [1.82, 2.24) is 9.78 Å². The van der Waals surface area contributed by atoms with E-state index in [1.54, 1.807) is 35.1 Å². The van der Waals surface area contributed by atoms with E-state index in [0.717, 1.165) is 0 Å². The molecule has 2 aromatic rings. The average molecular weight is 314 g/mol. The van der Waals surface area contributed by atoms with Crippen LogP contribution in [0.25, 0.3) is 0 Å². The van der Waals surface area contributed by atoms with Crippen molar-refractivity contribution >= 4 is 33.3 Å². The minimum atomic E-state index is -0.123. The highest BCUT2D eigenvalue weighted by Crippen LogP contribution is 2.23. The number of rotatable bonds is 3. The second-order valence-electron chi connectivity index (χ2n) is 3.47. The third-order valence-electron chi connectivity index (χ3n) is 2.43. The molecule has 17 heavy (non-hydrogen) atoms. The molecule has 1 heterocycles. The predicted molar refractivity (Wildman–Crippen MR) is 70.5 cm³/mol. The van der Waals surface area contributed by atoms with Crippen molar-refractivity contribution in [2.45, 2.75) is 13.5 Å². The summed E-state index contributed by atoms with van der Waals surface area (Å²) >= 11 is 9.35. The van der Waals surface area contributed by atoms with Gasteiger partial charge >= 0.3 is 0 Å². The SMILES string of the molecule is CCn1ncc(Br)c1C(=O)c1ccccc1Cl. The number of halogens is 2. The lowest BCUT2D eigenvalue weighted by atomic mass is 10.1. The van der Waals surface area contributed by atoms with E-state index in [2.05, 4.69) is 21.0 Å². The van der Waals surface area contributed by atoms with Crippen LogP contribution in [0.3, 0.4) is 0 Å². The van der Waals surface area contributed by atoms with Crippen molar-refractivity contribution in [1.29, 1.82) is 0 Å². The zero-order valence-electron chi connectivity index (χ0n) is 9.15. The fourth-order valence-electron chi connectivity index (χ4n) is 1.60. The van der Waals surface area contributed by atoms with Gasteiger partial charge in [-0.1, -0.05) is 23.7 Å². The third-order valence-corrected chi connectivity index (χ3v) is 3.34. The van der Waals surface area contributed by atoms with E-state index in [1.807, 2.05) is 6.92 Å². The molecule has 0 aliphatic heterocycles. The van der Waals surface area contributed by atoms with Gasteiger partial charge in [-0.2, -0.15) is 5.10 Å². The predicted octanol–water partition coefficient (Wildman–Crippen LogP) is 3.55. The molecule has 0 radical (unpaired) electrons. The molecule has 0 saturated carbocycles. The molecule has 0 aliphatic rings. The van der Waals surface area contributed by atoms with Crippen LogP contribution < -0.4 is 0 Å². The molecule has 1 aromatic carbocycles. The quantitative estimate of drug-likeness (QED) is 0.812. The first-order valence-corrected chi connectivity index (χ1v) is 6.32. The zero-order valence-corrected chi connectivity index (χ0v) is 11.5. The monoisotopic (exact) mass is 312 g/mol. The number of hydrogen-bond acceptors (Lipinski definition) is 2. The van der Waals surface area contributed by atoms with Gasteiger partial charge in [-0.15, -0.1) is 0 Å². The summed E-state index contributed by atoms with van der Waals surface area (Å²) in [5, 5.41) is 4.57. The fourth-order valence-corrected chi connectivity index (χ4v) is 2.30. The molecule has 0 unspecified atom stereocenters. The van der Waals surface area contributed by atoms with Gasteiger partial charge in [0.25, 0.3) is 0 Å². The van der Waals surface area contributed by atoms with E-state index in [0.29, 0.717) is 27.3 Å². The Labute approximate surface area is 113 Å². The largest absolute Gasteiger partial charge is 0.287 e. The van der Waals surface area contributed by atoms with Gasteiger partial charge in [0, 0.05) is 12.1 Å². The van der Waals surface area contributed by atoms with Crippen molar-refractivity contribution in [3.8, 4) is 0 Å². The lowest BCUT2D eigenvalue weighted by Crippen LogP contribution is -2.11. The van der Waals surface area contributed by atoms with Crippen molar-refractivity contribution in [2.24, 2.45) is 0 Å². The molecular weight excluding hydrogens is 304 g/mol. The van der Waals surface area contributed by atoms with E-state index in [1.165, 1.54) is 0 Å². The molecule has 0 atom stereocenters. The number of carbonyl (C=O) groups is 1. The van der Waals surface area contributed by atoms with Gasteiger partial charge in [-0.25, -0.2) is 0 Å². The molecule has 0 N–H and O–H groups in total. The Morgan fingerprint density at radius 2 is 2.18 bits per heavy atom. The van der Waals surface area contributed by atoms with Gasteiger partial charge in [0.15, 0.2) is 0 Å². The number of hydrogen-bond donors (Lipinski definition) is 0. The van der Waals surface area contributed by atoms with Crippen molar-refractivity contribution in [3.63, 3.8) is 0 Å². The van der Waals surface area contributed by atoms with Crippen LogP contribution in [-0.4, -0.2) is 15.6 Å². The zero-order chi connectivity index (χ0) is 12.4. The number of benzene rings is 1. The summed E-state index contributed by atoms with van der Waals surface area (Å²) in [5.74, 6) is -0.123. The maximum absolute atomic E-state index is 12.4. The Kier molecular flexibility index (Phi) is 3.64. The highest BCUT2D eigenvalue weighted by Gasteiger charge is 2.19. The molecule has 3 nitrogen and oxygen atoms in total. The highest BCUT2D eigenvalue weighted by molar-refractivity contribution is 9.10.